The van der Waals surface area contributed by atoms with Gasteiger partial charge < -0.3 is 15.3 Å². The number of hydrogen-bond acceptors (Lipinski definition) is 5. The average Bonchev–Trinajstić information content (AvgIpc) is 2.40. The Morgan fingerprint density at radius 2 is 1.56 bits per heavy atom. The van der Waals surface area contributed by atoms with E-state index in [1.165, 1.54) is 12.1 Å². The molecule has 0 unspecified atom stereocenters. The standard InChI is InChI=1S/C13H12N2O3/c16-11-7-6-9(12(17)13(11)18)8-14-15-10-4-2-1-3-5-10/h1-7,16-18H,8H2. The summed E-state index contributed by atoms with van der Waals surface area (Å²) in [5, 5.41) is 35.9. The Morgan fingerprint density at radius 3 is 2.28 bits per heavy atom. The van der Waals surface area contributed by atoms with E-state index < -0.39 is 5.75 Å². The van der Waals surface area contributed by atoms with Gasteiger partial charge in [-0.05, 0) is 24.3 Å². The number of nitrogens with zero attached hydrogens (tertiary/aromatic N) is 2. The largest absolute Gasteiger partial charge is 0.504 e. The van der Waals surface area contributed by atoms with Crippen molar-refractivity contribution in [3.8, 4) is 17.2 Å². The monoisotopic (exact) mass is 244 g/mol. The summed E-state index contributed by atoms with van der Waals surface area (Å²) in [6.07, 6.45) is 0. The number of hydrogen-bond donors (Lipinski definition) is 3. The van der Waals surface area contributed by atoms with E-state index in [1.54, 1.807) is 12.1 Å². The van der Waals surface area contributed by atoms with E-state index in [0.717, 1.165) is 0 Å². The van der Waals surface area contributed by atoms with E-state index in [9.17, 15) is 10.2 Å². The fourth-order valence-electron chi connectivity index (χ4n) is 1.43. The maximum atomic E-state index is 9.56. The highest BCUT2D eigenvalue weighted by Gasteiger charge is 2.10. The van der Waals surface area contributed by atoms with Gasteiger partial charge >= 0.3 is 0 Å². The van der Waals surface area contributed by atoms with E-state index in [2.05, 4.69) is 10.2 Å². The molecule has 2 aromatic carbocycles. The number of phenolic OH excluding ortho intramolecular Hbond substituents is 3. The van der Waals surface area contributed by atoms with Gasteiger partial charge in [0.2, 0.25) is 5.75 Å². The van der Waals surface area contributed by atoms with Gasteiger partial charge in [0.1, 0.15) is 0 Å². The lowest BCUT2D eigenvalue weighted by Crippen LogP contribution is -1.83. The Morgan fingerprint density at radius 1 is 0.833 bits per heavy atom. The molecule has 0 fully saturated rings. The molecule has 2 aromatic rings. The maximum Gasteiger partial charge on any atom is 0.200 e. The minimum Gasteiger partial charge on any atom is -0.504 e. The minimum absolute atomic E-state index is 0.120. The molecule has 0 saturated heterocycles. The van der Waals surface area contributed by atoms with Gasteiger partial charge in [-0.2, -0.15) is 10.2 Å². The van der Waals surface area contributed by atoms with Gasteiger partial charge in [0, 0.05) is 5.56 Å². The highest BCUT2D eigenvalue weighted by atomic mass is 16.3. The topological polar surface area (TPSA) is 85.4 Å². The van der Waals surface area contributed by atoms with Gasteiger partial charge in [-0.3, -0.25) is 0 Å². The van der Waals surface area contributed by atoms with Crippen molar-refractivity contribution in [1.82, 2.24) is 0 Å². The molecule has 2 rings (SSSR count). The van der Waals surface area contributed by atoms with Crippen LogP contribution in [0.2, 0.25) is 0 Å². The first-order valence-electron chi connectivity index (χ1n) is 5.34. The van der Waals surface area contributed by atoms with Crippen LogP contribution in [0.3, 0.4) is 0 Å². The summed E-state index contributed by atoms with van der Waals surface area (Å²) in [5.41, 5.74) is 1.10. The van der Waals surface area contributed by atoms with Gasteiger partial charge in [-0.25, -0.2) is 0 Å². The normalized spacial score (nSPS) is 10.9. The molecule has 0 aromatic heterocycles. The zero-order chi connectivity index (χ0) is 13.0. The van der Waals surface area contributed by atoms with Crippen molar-refractivity contribution in [1.29, 1.82) is 0 Å². The SMILES string of the molecule is Oc1ccc(CN=Nc2ccccc2)c(O)c1O. The molecule has 0 heterocycles. The lowest BCUT2D eigenvalue weighted by molar-refractivity contribution is 0.365. The first-order chi connectivity index (χ1) is 8.68. The average molecular weight is 244 g/mol. The van der Waals surface area contributed by atoms with Gasteiger partial charge in [0.15, 0.2) is 11.5 Å². The van der Waals surface area contributed by atoms with E-state index in [0.29, 0.717) is 11.3 Å². The Bertz CT molecular complexity index is 568. The molecule has 92 valence electrons. The fraction of sp³-hybridized carbons (Fsp3) is 0.0769. The number of rotatable bonds is 3. The first kappa shape index (κ1) is 11.9. The van der Waals surface area contributed by atoms with Crippen molar-refractivity contribution in [3.05, 3.63) is 48.0 Å². The van der Waals surface area contributed by atoms with Crippen LogP contribution in [0.25, 0.3) is 0 Å². The minimum atomic E-state index is -0.539. The molecule has 0 aliphatic heterocycles. The number of benzene rings is 2. The molecule has 0 bridgehead atoms. The molecular weight excluding hydrogens is 232 g/mol. The third-order valence-corrected chi connectivity index (χ3v) is 2.40. The number of aromatic hydroxyl groups is 3. The zero-order valence-corrected chi connectivity index (χ0v) is 9.48. The summed E-state index contributed by atoms with van der Waals surface area (Å²) >= 11 is 0. The quantitative estimate of drug-likeness (QED) is 0.572. The number of azo groups is 1. The first-order valence-corrected chi connectivity index (χ1v) is 5.34. The van der Waals surface area contributed by atoms with E-state index in [1.807, 2.05) is 18.2 Å². The van der Waals surface area contributed by atoms with Crippen LogP contribution >= 0.6 is 0 Å². The summed E-state index contributed by atoms with van der Waals surface area (Å²) < 4.78 is 0. The summed E-state index contributed by atoms with van der Waals surface area (Å²) in [6, 6.07) is 11.9. The van der Waals surface area contributed by atoms with Crippen LogP contribution in [0.5, 0.6) is 17.2 Å². The maximum absolute atomic E-state index is 9.56. The molecule has 3 N–H and O–H groups in total. The van der Waals surface area contributed by atoms with E-state index >= 15 is 0 Å². The Balaban J connectivity index is 2.12. The van der Waals surface area contributed by atoms with Crippen LogP contribution < -0.4 is 0 Å². The molecule has 0 radical (unpaired) electrons. The van der Waals surface area contributed by atoms with Crippen LogP contribution in [0.4, 0.5) is 5.69 Å². The second-order valence-electron chi connectivity index (χ2n) is 3.68. The zero-order valence-electron chi connectivity index (χ0n) is 9.48. The second kappa shape index (κ2) is 5.18. The summed E-state index contributed by atoms with van der Waals surface area (Å²) in [5.74, 6) is -1.28. The Kier molecular flexibility index (Phi) is 3.43. The van der Waals surface area contributed by atoms with Crippen LogP contribution in [0.15, 0.2) is 52.7 Å². The second-order valence-corrected chi connectivity index (χ2v) is 3.68. The van der Waals surface area contributed by atoms with Gasteiger partial charge in [-0.1, -0.05) is 18.2 Å². The number of phenols is 3. The lowest BCUT2D eigenvalue weighted by atomic mass is 10.2. The third-order valence-electron chi connectivity index (χ3n) is 2.40. The fourth-order valence-corrected chi connectivity index (χ4v) is 1.43. The van der Waals surface area contributed by atoms with Crippen molar-refractivity contribution in [2.45, 2.75) is 6.54 Å². The lowest BCUT2D eigenvalue weighted by Gasteiger charge is -2.04. The molecule has 0 atom stereocenters. The molecule has 0 aliphatic carbocycles. The molecule has 18 heavy (non-hydrogen) atoms. The molecule has 5 heteroatoms. The summed E-state index contributed by atoms with van der Waals surface area (Å²) in [7, 11) is 0. The van der Waals surface area contributed by atoms with Crippen molar-refractivity contribution in [2.24, 2.45) is 10.2 Å². The molecule has 0 spiro atoms. The Hall–Kier alpha value is -2.56. The Labute approximate surface area is 104 Å². The highest BCUT2D eigenvalue weighted by molar-refractivity contribution is 5.53. The van der Waals surface area contributed by atoms with Crippen molar-refractivity contribution in [2.75, 3.05) is 0 Å². The van der Waals surface area contributed by atoms with Crippen LogP contribution in [0, 0.1) is 0 Å². The van der Waals surface area contributed by atoms with Crippen molar-refractivity contribution >= 4 is 5.69 Å². The molecule has 5 nitrogen and oxygen atoms in total. The molecular formula is C13H12N2O3. The molecule has 0 saturated carbocycles. The van der Waals surface area contributed by atoms with Crippen molar-refractivity contribution < 1.29 is 15.3 Å². The summed E-state index contributed by atoms with van der Waals surface area (Å²) in [6.45, 7) is 0.120. The predicted molar refractivity (Wildman–Crippen MR) is 66.1 cm³/mol. The third kappa shape index (κ3) is 2.57. The van der Waals surface area contributed by atoms with Gasteiger partial charge in [-0.15, -0.1) is 0 Å². The van der Waals surface area contributed by atoms with Crippen LogP contribution in [-0.4, -0.2) is 15.3 Å². The smallest absolute Gasteiger partial charge is 0.200 e. The molecule has 0 aliphatic rings. The van der Waals surface area contributed by atoms with Crippen molar-refractivity contribution in [3.63, 3.8) is 0 Å². The van der Waals surface area contributed by atoms with E-state index in [-0.39, 0.29) is 18.0 Å². The highest BCUT2D eigenvalue weighted by Crippen LogP contribution is 2.37. The van der Waals surface area contributed by atoms with Gasteiger partial charge in [0.25, 0.3) is 0 Å². The van der Waals surface area contributed by atoms with Gasteiger partial charge in [0.05, 0.1) is 12.2 Å². The van der Waals surface area contributed by atoms with E-state index in [4.69, 9.17) is 5.11 Å². The summed E-state index contributed by atoms with van der Waals surface area (Å²) in [4.78, 5) is 0. The predicted octanol–water partition coefficient (Wildman–Crippen LogP) is 3.09. The van der Waals surface area contributed by atoms with Crippen LogP contribution in [-0.2, 0) is 6.54 Å². The molecule has 0 amide bonds. The van der Waals surface area contributed by atoms with Crippen LogP contribution in [0.1, 0.15) is 5.56 Å².